The van der Waals surface area contributed by atoms with Gasteiger partial charge in [0.25, 0.3) is 0 Å². The van der Waals surface area contributed by atoms with Gasteiger partial charge in [-0.25, -0.2) is 0 Å². The van der Waals surface area contributed by atoms with E-state index in [9.17, 15) is 0 Å². The molecule has 0 radical (unpaired) electrons. The van der Waals surface area contributed by atoms with E-state index < -0.39 is 0 Å². The van der Waals surface area contributed by atoms with E-state index in [1.54, 1.807) is 0 Å². The molecule has 3 aliphatic rings. The Hall–Kier alpha value is -0.120. The Bertz CT molecular complexity index is 261. The molecular formula is C13H23NO2. The van der Waals surface area contributed by atoms with Crippen molar-refractivity contribution in [1.82, 2.24) is 5.32 Å². The van der Waals surface area contributed by atoms with Crippen molar-refractivity contribution in [2.75, 3.05) is 19.8 Å². The SMILES string of the molecule is CC1(C)C(NCC2CCCO2)C2CCOC21. The second kappa shape index (κ2) is 3.97. The van der Waals surface area contributed by atoms with Crippen LogP contribution in [0.25, 0.3) is 0 Å². The molecule has 0 aromatic heterocycles. The summed E-state index contributed by atoms with van der Waals surface area (Å²) in [5.74, 6) is 0.747. The number of nitrogens with one attached hydrogen (secondary N) is 1. The van der Waals surface area contributed by atoms with Crippen molar-refractivity contribution >= 4 is 0 Å². The van der Waals surface area contributed by atoms with Crippen LogP contribution >= 0.6 is 0 Å². The van der Waals surface area contributed by atoms with E-state index in [0.29, 0.717) is 23.7 Å². The first-order valence-electron chi connectivity index (χ1n) is 6.66. The summed E-state index contributed by atoms with van der Waals surface area (Å²) in [5.41, 5.74) is 0.305. The van der Waals surface area contributed by atoms with Gasteiger partial charge in [0.05, 0.1) is 12.2 Å². The third-order valence-electron chi connectivity index (χ3n) is 4.69. The molecule has 1 saturated carbocycles. The van der Waals surface area contributed by atoms with Gasteiger partial charge in [-0.2, -0.15) is 0 Å². The zero-order valence-electron chi connectivity index (χ0n) is 10.4. The first-order chi connectivity index (χ1) is 7.69. The molecule has 16 heavy (non-hydrogen) atoms. The summed E-state index contributed by atoms with van der Waals surface area (Å²) in [6, 6.07) is 0.629. The molecule has 0 amide bonds. The highest BCUT2D eigenvalue weighted by Crippen LogP contribution is 2.52. The summed E-state index contributed by atoms with van der Waals surface area (Å²) < 4.78 is 11.5. The number of rotatable bonds is 3. The molecule has 2 heterocycles. The fourth-order valence-corrected chi connectivity index (χ4v) is 3.80. The molecule has 0 aromatic rings. The van der Waals surface area contributed by atoms with Gasteiger partial charge < -0.3 is 14.8 Å². The molecular weight excluding hydrogens is 202 g/mol. The average molecular weight is 225 g/mol. The number of ether oxygens (including phenoxy) is 2. The van der Waals surface area contributed by atoms with Gasteiger partial charge in [-0.3, -0.25) is 0 Å². The lowest BCUT2D eigenvalue weighted by Crippen LogP contribution is -2.66. The Morgan fingerprint density at radius 3 is 2.81 bits per heavy atom. The molecule has 3 fully saturated rings. The van der Waals surface area contributed by atoms with E-state index in [-0.39, 0.29) is 0 Å². The van der Waals surface area contributed by atoms with Gasteiger partial charge in [0.2, 0.25) is 0 Å². The highest BCUT2D eigenvalue weighted by atomic mass is 16.5. The van der Waals surface area contributed by atoms with Gasteiger partial charge in [0, 0.05) is 37.1 Å². The largest absolute Gasteiger partial charge is 0.377 e. The van der Waals surface area contributed by atoms with Crippen LogP contribution in [0.2, 0.25) is 0 Å². The molecule has 1 aliphatic carbocycles. The number of hydrogen-bond acceptors (Lipinski definition) is 3. The van der Waals surface area contributed by atoms with Crippen molar-refractivity contribution in [3.8, 4) is 0 Å². The van der Waals surface area contributed by atoms with Crippen LogP contribution in [0.3, 0.4) is 0 Å². The zero-order valence-corrected chi connectivity index (χ0v) is 10.4. The Labute approximate surface area is 97.9 Å². The van der Waals surface area contributed by atoms with Gasteiger partial charge >= 0.3 is 0 Å². The molecule has 2 aliphatic heterocycles. The molecule has 92 valence electrons. The molecule has 1 N–H and O–H groups in total. The third kappa shape index (κ3) is 1.60. The summed E-state index contributed by atoms with van der Waals surface area (Å²) in [4.78, 5) is 0. The Kier molecular flexibility index (Phi) is 2.73. The van der Waals surface area contributed by atoms with Gasteiger partial charge in [-0.15, -0.1) is 0 Å². The fraction of sp³-hybridized carbons (Fsp3) is 1.00. The molecule has 3 nitrogen and oxygen atoms in total. The zero-order chi connectivity index (χ0) is 11.2. The molecule has 3 heteroatoms. The highest BCUT2D eigenvalue weighted by Gasteiger charge is 2.58. The maximum Gasteiger partial charge on any atom is 0.0700 e. The number of fused-ring (bicyclic) bond motifs is 1. The minimum absolute atomic E-state index is 0.305. The van der Waals surface area contributed by atoms with Crippen LogP contribution < -0.4 is 5.32 Å². The van der Waals surface area contributed by atoms with Crippen LogP contribution in [0, 0.1) is 11.3 Å². The van der Waals surface area contributed by atoms with Crippen LogP contribution in [-0.4, -0.2) is 38.0 Å². The standard InChI is InChI=1S/C13H23NO2/c1-13(2)11(10-5-7-16-12(10)13)14-8-9-4-3-6-15-9/h9-12,14H,3-8H2,1-2H3. The molecule has 4 atom stereocenters. The normalized spacial score (nSPS) is 45.4. The molecule has 4 unspecified atom stereocenters. The smallest absolute Gasteiger partial charge is 0.0700 e. The maximum atomic E-state index is 5.80. The summed E-state index contributed by atoms with van der Waals surface area (Å²) in [7, 11) is 0. The second-order valence-electron chi connectivity index (χ2n) is 6.09. The molecule has 0 aromatic carbocycles. The van der Waals surface area contributed by atoms with Crippen molar-refractivity contribution in [2.24, 2.45) is 11.3 Å². The van der Waals surface area contributed by atoms with Gasteiger partial charge in [0.15, 0.2) is 0 Å². The first-order valence-corrected chi connectivity index (χ1v) is 6.66. The van der Waals surface area contributed by atoms with Crippen LogP contribution in [0.1, 0.15) is 33.1 Å². The summed E-state index contributed by atoms with van der Waals surface area (Å²) in [6.07, 6.45) is 4.64. The summed E-state index contributed by atoms with van der Waals surface area (Å²) >= 11 is 0. The minimum atomic E-state index is 0.305. The maximum absolute atomic E-state index is 5.80. The van der Waals surface area contributed by atoms with E-state index in [4.69, 9.17) is 9.47 Å². The Morgan fingerprint density at radius 1 is 1.19 bits per heavy atom. The van der Waals surface area contributed by atoms with Crippen LogP contribution in [-0.2, 0) is 9.47 Å². The van der Waals surface area contributed by atoms with Crippen molar-refractivity contribution in [3.63, 3.8) is 0 Å². The van der Waals surface area contributed by atoms with Crippen LogP contribution in [0.15, 0.2) is 0 Å². The van der Waals surface area contributed by atoms with E-state index in [1.165, 1.54) is 19.3 Å². The molecule has 0 bridgehead atoms. The second-order valence-corrected chi connectivity index (χ2v) is 6.09. The fourth-order valence-electron chi connectivity index (χ4n) is 3.80. The third-order valence-corrected chi connectivity index (χ3v) is 4.69. The average Bonchev–Trinajstić information content (AvgIpc) is 2.86. The molecule has 3 rings (SSSR count). The predicted octanol–water partition coefficient (Wildman–Crippen LogP) is 1.57. The van der Waals surface area contributed by atoms with Crippen molar-refractivity contribution in [1.29, 1.82) is 0 Å². The number of hydrogen-bond donors (Lipinski definition) is 1. The van der Waals surface area contributed by atoms with E-state index in [0.717, 1.165) is 25.7 Å². The topological polar surface area (TPSA) is 30.5 Å². The molecule has 2 saturated heterocycles. The van der Waals surface area contributed by atoms with Gasteiger partial charge in [0.1, 0.15) is 0 Å². The van der Waals surface area contributed by atoms with E-state index >= 15 is 0 Å². The van der Waals surface area contributed by atoms with Crippen LogP contribution in [0.4, 0.5) is 0 Å². The first kappa shape index (κ1) is 11.0. The monoisotopic (exact) mass is 225 g/mol. The lowest BCUT2D eigenvalue weighted by molar-refractivity contribution is -0.114. The van der Waals surface area contributed by atoms with Gasteiger partial charge in [-0.05, 0) is 19.3 Å². The lowest BCUT2D eigenvalue weighted by atomic mass is 9.57. The Morgan fingerprint density at radius 2 is 2.06 bits per heavy atom. The summed E-state index contributed by atoms with van der Waals surface area (Å²) in [5, 5.41) is 3.72. The van der Waals surface area contributed by atoms with Gasteiger partial charge in [-0.1, -0.05) is 13.8 Å². The summed E-state index contributed by atoms with van der Waals surface area (Å²) in [6.45, 7) is 7.59. The lowest BCUT2D eigenvalue weighted by Gasteiger charge is -2.55. The van der Waals surface area contributed by atoms with Crippen molar-refractivity contribution in [3.05, 3.63) is 0 Å². The quantitative estimate of drug-likeness (QED) is 0.791. The van der Waals surface area contributed by atoms with Crippen molar-refractivity contribution < 1.29 is 9.47 Å². The van der Waals surface area contributed by atoms with Crippen molar-refractivity contribution in [2.45, 2.75) is 51.4 Å². The van der Waals surface area contributed by atoms with Crippen LogP contribution in [0.5, 0.6) is 0 Å². The Balaban J connectivity index is 1.54. The highest BCUT2D eigenvalue weighted by molar-refractivity contribution is 5.11. The van der Waals surface area contributed by atoms with E-state index in [1.807, 2.05) is 0 Å². The predicted molar refractivity (Wildman–Crippen MR) is 62.4 cm³/mol. The molecule has 0 spiro atoms. The minimum Gasteiger partial charge on any atom is -0.377 e. The van der Waals surface area contributed by atoms with E-state index in [2.05, 4.69) is 19.2 Å².